The maximum absolute atomic E-state index is 13.0. The van der Waals surface area contributed by atoms with Gasteiger partial charge in [0.15, 0.2) is 0 Å². The van der Waals surface area contributed by atoms with Gasteiger partial charge in [-0.3, -0.25) is 4.79 Å². The molecule has 0 radical (unpaired) electrons. The largest absolute Gasteiger partial charge is 0.369 e. The number of hydrogen-bond donors (Lipinski definition) is 1. The van der Waals surface area contributed by atoms with Gasteiger partial charge in [-0.15, -0.1) is 0 Å². The average molecular weight is 346 g/mol. The Morgan fingerprint density at radius 3 is 2.12 bits per heavy atom. The van der Waals surface area contributed by atoms with Crippen molar-refractivity contribution in [1.29, 1.82) is 0 Å². The van der Waals surface area contributed by atoms with Gasteiger partial charge in [-0.05, 0) is 36.3 Å². The molecule has 1 amide bonds. The van der Waals surface area contributed by atoms with E-state index in [2.05, 4.69) is 10.1 Å². The molecule has 1 aliphatic carbocycles. The number of amides is 1. The fraction of sp³-hybridized carbons (Fsp3) is 0.286. The zero-order valence-corrected chi connectivity index (χ0v) is 14.5. The molecule has 1 fully saturated rings. The molecule has 1 aromatic heterocycles. The number of benzene rings is 2. The van der Waals surface area contributed by atoms with Gasteiger partial charge in [0.1, 0.15) is 18.1 Å². The van der Waals surface area contributed by atoms with Crippen molar-refractivity contribution in [1.82, 2.24) is 14.8 Å². The van der Waals surface area contributed by atoms with Gasteiger partial charge in [-0.2, -0.15) is 5.10 Å². The molecule has 3 aromatic rings. The molecular formula is C21H22N4O. The van der Waals surface area contributed by atoms with Crippen molar-refractivity contribution in [2.45, 2.75) is 30.7 Å². The van der Waals surface area contributed by atoms with Crippen molar-refractivity contribution in [3.63, 3.8) is 0 Å². The highest BCUT2D eigenvalue weighted by atomic mass is 16.1. The van der Waals surface area contributed by atoms with E-state index in [9.17, 15) is 4.79 Å². The van der Waals surface area contributed by atoms with Crippen LogP contribution in [0.25, 0.3) is 0 Å². The topological polar surface area (TPSA) is 73.8 Å². The van der Waals surface area contributed by atoms with E-state index in [0.717, 1.165) is 30.4 Å². The Morgan fingerprint density at radius 1 is 1.00 bits per heavy atom. The molecule has 0 aliphatic heterocycles. The van der Waals surface area contributed by atoms with Gasteiger partial charge in [0.05, 0.1) is 6.04 Å². The van der Waals surface area contributed by atoms with Crippen LogP contribution in [-0.2, 0) is 10.2 Å². The van der Waals surface area contributed by atoms with Crippen LogP contribution >= 0.6 is 0 Å². The smallest absolute Gasteiger partial charge is 0.232 e. The van der Waals surface area contributed by atoms with Gasteiger partial charge in [0.2, 0.25) is 5.91 Å². The number of carbonyl (C=O) groups is 1. The Morgan fingerprint density at radius 2 is 1.62 bits per heavy atom. The molecule has 4 rings (SSSR count). The zero-order valence-electron chi connectivity index (χ0n) is 14.5. The molecule has 0 spiro atoms. The van der Waals surface area contributed by atoms with Gasteiger partial charge in [0.25, 0.3) is 0 Å². The summed E-state index contributed by atoms with van der Waals surface area (Å²) in [7, 11) is 0. The normalized spacial score (nSPS) is 20.2. The third kappa shape index (κ3) is 2.60. The van der Waals surface area contributed by atoms with Gasteiger partial charge in [-0.1, -0.05) is 60.7 Å². The van der Waals surface area contributed by atoms with Gasteiger partial charge >= 0.3 is 0 Å². The molecule has 2 aromatic carbocycles. The molecule has 0 bridgehead atoms. The van der Waals surface area contributed by atoms with Crippen LogP contribution in [0.2, 0.25) is 0 Å². The summed E-state index contributed by atoms with van der Waals surface area (Å²) in [6, 6.07) is 20.1. The maximum atomic E-state index is 13.0. The summed E-state index contributed by atoms with van der Waals surface area (Å²) in [6.07, 6.45) is 6.03. The van der Waals surface area contributed by atoms with Gasteiger partial charge in [0, 0.05) is 0 Å². The predicted molar refractivity (Wildman–Crippen MR) is 99.3 cm³/mol. The number of nitrogens with two attached hydrogens (primary N) is 1. The van der Waals surface area contributed by atoms with E-state index < -0.39 is 5.41 Å². The molecule has 5 nitrogen and oxygen atoms in total. The Balaban J connectivity index is 1.82. The molecular weight excluding hydrogens is 324 g/mol. The molecule has 1 aliphatic rings. The van der Waals surface area contributed by atoms with Crippen LogP contribution in [0.1, 0.15) is 36.4 Å². The van der Waals surface area contributed by atoms with Crippen molar-refractivity contribution in [2.75, 3.05) is 0 Å². The summed E-state index contributed by atoms with van der Waals surface area (Å²) in [6.45, 7) is 0. The van der Waals surface area contributed by atoms with Crippen LogP contribution in [0.3, 0.4) is 0 Å². The van der Waals surface area contributed by atoms with Crippen molar-refractivity contribution in [3.8, 4) is 0 Å². The Kier molecular flexibility index (Phi) is 4.29. The molecule has 1 heterocycles. The SMILES string of the molecule is NC(=O)C(c1ccccc1)(c1ccccc1)C1CCC(n2cncn2)C1. The van der Waals surface area contributed by atoms with Crippen LogP contribution in [0.15, 0.2) is 73.3 Å². The van der Waals surface area contributed by atoms with E-state index in [0.29, 0.717) is 0 Å². The summed E-state index contributed by atoms with van der Waals surface area (Å²) < 4.78 is 1.90. The van der Waals surface area contributed by atoms with E-state index in [1.165, 1.54) is 0 Å². The third-order valence-corrected chi connectivity index (χ3v) is 5.67. The second kappa shape index (κ2) is 6.75. The lowest BCUT2D eigenvalue weighted by molar-refractivity contribution is -0.123. The first-order chi connectivity index (χ1) is 12.7. The quantitative estimate of drug-likeness (QED) is 0.771. The van der Waals surface area contributed by atoms with E-state index >= 15 is 0 Å². The van der Waals surface area contributed by atoms with Crippen molar-refractivity contribution in [3.05, 3.63) is 84.4 Å². The Hall–Kier alpha value is -2.95. The molecule has 0 saturated heterocycles. The van der Waals surface area contributed by atoms with E-state index in [1.54, 1.807) is 12.7 Å². The van der Waals surface area contributed by atoms with Crippen LogP contribution in [0.5, 0.6) is 0 Å². The summed E-state index contributed by atoms with van der Waals surface area (Å²) >= 11 is 0. The second-order valence-corrected chi connectivity index (χ2v) is 6.94. The van der Waals surface area contributed by atoms with Crippen LogP contribution in [0.4, 0.5) is 0 Å². The summed E-state index contributed by atoms with van der Waals surface area (Å²) in [5.74, 6) is -0.182. The highest BCUT2D eigenvalue weighted by Crippen LogP contribution is 2.49. The van der Waals surface area contributed by atoms with Crippen LogP contribution < -0.4 is 5.73 Å². The number of carbonyl (C=O) groups excluding carboxylic acids is 1. The van der Waals surface area contributed by atoms with E-state index in [4.69, 9.17) is 5.73 Å². The zero-order chi connectivity index (χ0) is 18.0. The molecule has 2 N–H and O–H groups in total. The first kappa shape index (κ1) is 16.5. The lowest BCUT2D eigenvalue weighted by atomic mass is 9.64. The molecule has 132 valence electrons. The van der Waals surface area contributed by atoms with Gasteiger partial charge < -0.3 is 5.73 Å². The fourth-order valence-corrected chi connectivity index (χ4v) is 4.52. The lowest BCUT2D eigenvalue weighted by Crippen LogP contribution is -2.47. The number of aromatic nitrogens is 3. The Labute approximate surface area is 152 Å². The first-order valence-electron chi connectivity index (χ1n) is 8.98. The minimum absolute atomic E-state index is 0.110. The van der Waals surface area contributed by atoms with Crippen molar-refractivity contribution >= 4 is 5.91 Å². The highest BCUT2D eigenvalue weighted by Gasteiger charge is 2.50. The van der Waals surface area contributed by atoms with Crippen LogP contribution in [-0.4, -0.2) is 20.7 Å². The predicted octanol–water partition coefficient (Wildman–Crippen LogP) is 3.09. The standard InChI is InChI=1S/C21H22N4O/c22-20(26)21(16-7-3-1-4-8-16,17-9-5-2-6-10-17)18-11-12-19(13-18)25-15-23-14-24-25/h1-10,14-15,18-19H,11-13H2,(H2,22,26). The average Bonchev–Trinajstić information content (AvgIpc) is 3.36. The van der Waals surface area contributed by atoms with Gasteiger partial charge in [-0.25, -0.2) is 9.67 Å². The molecule has 2 atom stereocenters. The molecule has 1 saturated carbocycles. The molecule has 5 heteroatoms. The number of hydrogen-bond acceptors (Lipinski definition) is 3. The third-order valence-electron chi connectivity index (χ3n) is 5.67. The minimum Gasteiger partial charge on any atom is -0.369 e. The molecule has 26 heavy (non-hydrogen) atoms. The first-order valence-corrected chi connectivity index (χ1v) is 8.98. The van der Waals surface area contributed by atoms with Crippen LogP contribution in [0, 0.1) is 5.92 Å². The van der Waals surface area contributed by atoms with E-state index in [-0.39, 0.29) is 17.9 Å². The highest BCUT2D eigenvalue weighted by molar-refractivity contribution is 5.91. The molecule has 2 unspecified atom stereocenters. The number of nitrogens with zero attached hydrogens (tertiary/aromatic N) is 3. The fourth-order valence-electron chi connectivity index (χ4n) is 4.52. The lowest BCUT2D eigenvalue weighted by Gasteiger charge is -2.37. The number of primary amides is 1. The summed E-state index contributed by atoms with van der Waals surface area (Å²) in [5, 5.41) is 4.29. The monoisotopic (exact) mass is 346 g/mol. The second-order valence-electron chi connectivity index (χ2n) is 6.94. The summed E-state index contributed by atoms with van der Waals surface area (Å²) in [5.41, 5.74) is 7.19. The number of rotatable bonds is 5. The van der Waals surface area contributed by atoms with Crippen molar-refractivity contribution < 1.29 is 4.79 Å². The van der Waals surface area contributed by atoms with E-state index in [1.807, 2.05) is 65.3 Å². The maximum Gasteiger partial charge on any atom is 0.232 e. The van der Waals surface area contributed by atoms with Crippen molar-refractivity contribution in [2.24, 2.45) is 11.7 Å². The Bertz CT molecular complexity index is 822. The summed E-state index contributed by atoms with van der Waals surface area (Å²) in [4.78, 5) is 17.1. The minimum atomic E-state index is -0.835.